The van der Waals surface area contributed by atoms with Crippen LogP contribution in [0.25, 0.3) is 0 Å². The highest BCUT2D eigenvalue weighted by Gasteiger charge is 2.33. The predicted octanol–water partition coefficient (Wildman–Crippen LogP) is 1.11. The number of rotatable bonds is 3. The van der Waals surface area contributed by atoms with Gasteiger partial charge in [-0.1, -0.05) is 12.1 Å². The molecule has 1 aliphatic rings. The standard InChI is InChI=1S/C14H15N3O3/c1-20-9-4-2-3-8(5-9)12-13-10(15-7-16-13)6-11(17-12)14(18)19/h2-5,7,11-12,17H,6H2,1H3,(H,15,16)(H,18,19)/t11-,12+/m1/s1. The number of fused-ring (bicyclic) bond motifs is 1. The molecule has 104 valence electrons. The molecule has 0 saturated heterocycles. The van der Waals surface area contributed by atoms with Crippen molar-refractivity contribution in [2.45, 2.75) is 18.5 Å². The van der Waals surface area contributed by atoms with Crippen LogP contribution in [0.5, 0.6) is 5.75 Å². The van der Waals surface area contributed by atoms with Gasteiger partial charge < -0.3 is 14.8 Å². The van der Waals surface area contributed by atoms with Gasteiger partial charge in [-0.3, -0.25) is 10.1 Å². The van der Waals surface area contributed by atoms with Crippen LogP contribution < -0.4 is 10.1 Å². The molecule has 0 saturated carbocycles. The van der Waals surface area contributed by atoms with Crippen molar-refractivity contribution in [2.75, 3.05) is 7.11 Å². The maximum Gasteiger partial charge on any atom is 0.321 e. The fourth-order valence-electron chi connectivity index (χ4n) is 2.52. The molecule has 0 amide bonds. The Balaban J connectivity index is 2.01. The van der Waals surface area contributed by atoms with E-state index >= 15 is 0 Å². The Labute approximate surface area is 115 Å². The third kappa shape index (κ3) is 2.14. The molecule has 20 heavy (non-hydrogen) atoms. The summed E-state index contributed by atoms with van der Waals surface area (Å²) in [7, 11) is 1.60. The molecule has 1 aliphatic heterocycles. The minimum absolute atomic E-state index is 0.249. The highest BCUT2D eigenvalue weighted by Crippen LogP contribution is 2.30. The van der Waals surface area contributed by atoms with E-state index in [1.54, 1.807) is 13.4 Å². The van der Waals surface area contributed by atoms with Gasteiger partial charge in [0.2, 0.25) is 0 Å². The Bertz CT molecular complexity index is 638. The molecule has 0 unspecified atom stereocenters. The summed E-state index contributed by atoms with van der Waals surface area (Å²) in [5.74, 6) is -0.128. The van der Waals surface area contributed by atoms with Gasteiger partial charge in [0.25, 0.3) is 0 Å². The normalized spacial score (nSPS) is 21.2. The Hall–Kier alpha value is -2.34. The summed E-state index contributed by atoms with van der Waals surface area (Å²) in [5, 5.41) is 12.4. The predicted molar refractivity (Wildman–Crippen MR) is 71.7 cm³/mol. The van der Waals surface area contributed by atoms with Gasteiger partial charge in [0.05, 0.1) is 25.2 Å². The lowest BCUT2D eigenvalue weighted by molar-refractivity contribution is -0.139. The number of benzene rings is 1. The summed E-state index contributed by atoms with van der Waals surface area (Å²) in [6.45, 7) is 0. The molecule has 6 nitrogen and oxygen atoms in total. The van der Waals surface area contributed by atoms with Crippen LogP contribution in [-0.4, -0.2) is 34.2 Å². The Morgan fingerprint density at radius 2 is 2.35 bits per heavy atom. The molecule has 0 aliphatic carbocycles. The Morgan fingerprint density at radius 1 is 1.50 bits per heavy atom. The fourth-order valence-corrected chi connectivity index (χ4v) is 2.52. The lowest BCUT2D eigenvalue weighted by Gasteiger charge is -2.28. The minimum atomic E-state index is -0.863. The van der Waals surface area contributed by atoms with Crippen LogP contribution in [0.15, 0.2) is 30.6 Å². The van der Waals surface area contributed by atoms with Crippen molar-refractivity contribution in [3.05, 3.63) is 47.5 Å². The fraction of sp³-hybridized carbons (Fsp3) is 0.286. The van der Waals surface area contributed by atoms with Gasteiger partial charge in [0.15, 0.2) is 0 Å². The monoisotopic (exact) mass is 273 g/mol. The van der Waals surface area contributed by atoms with Gasteiger partial charge in [-0.05, 0) is 17.7 Å². The third-order valence-electron chi connectivity index (χ3n) is 3.53. The van der Waals surface area contributed by atoms with E-state index in [4.69, 9.17) is 4.74 Å². The van der Waals surface area contributed by atoms with E-state index in [1.807, 2.05) is 24.3 Å². The number of nitrogens with one attached hydrogen (secondary N) is 2. The second-order valence-electron chi connectivity index (χ2n) is 4.74. The number of H-pyrrole nitrogens is 1. The van der Waals surface area contributed by atoms with Crippen molar-refractivity contribution >= 4 is 5.97 Å². The molecule has 1 aromatic heterocycles. The molecule has 2 atom stereocenters. The summed E-state index contributed by atoms with van der Waals surface area (Å²) in [6.07, 6.45) is 2.01. The molecule has 0 radical (unpaired) electrons. The molecule has 0 bridgehead atoms. The Morgan fingerprint density at radius 3 is 3.10 bits per heavy atom. The minimum Gasteiger partial charge on any atom is -0.497 e. The number of carbonyl (C=O) groups is 1. The summed E-state index contributed by atoms with van der Waals surface area (Å²) < 4.78 is 5.22. The van der Waals surface area contributed by atoms with Crippen LogP contribution in [0.4, 0.5) is 0 Å². The number of aromatic amines is 1. The first-order valence-electron chi connectivity index (χ1n) is 6.34. The summed E-state index contributed by atoms with van der Waals surface area (Å²) in [5.41, 5.74) is 2.64. The highest BCUT2D eigenvalue weighted by molar-refractivity contribution is 5.74. The largest absolute Gasteiger partial charge is 0.497 e. The van der Waals surface area contributed by atoms with E-state index < -0.39 is 12.0 Å². The molecule has 0 spiro atoms. The first-order chi connectivity index (χ1) is 9.69. The van der Waals surface area contributed by atoms with E-state index in [2.05, 4.69) is 15.3 Å². The number of carboxylic acids is 1. The zero-order valence-electron chi connectivity index (χ0n) is 11.0. The molecular formula is C14H15N3O3. The maximum absolute atomic E-state index is 11.3. The number of aromatic nitrogens is 2. The molecule has 2 aromatic rings. The number of hydrogen-bond donors (Lipinski definition) is 3. The molecule has 0 fully saturated rings. The Kier molecular flexibility index (Phi) is 3.15. The number of hydrogen-bond acceptors (Lipinski definition) is 4. The van der Waals surface area contributed by atoms with Crippen LogP contribution in [0.2, 0.25) is 0 Å². The topological polar surface area (TPSA) is 87.2 Å². The second-order valence-corrected chi connectivity index (χ2v) is 4.74. The molecule has 1 aromatic carbocycles. The SMILES string of the molecule is COc1cccc([C@@H]2N[C@@H](C(=O)O)Cc3[nH]cnc32)c1. The second kappa shape index (κ2) is 4.97. The summed E-state index contributed by atoms with van der Waals surface area (Å²) in [4.78, 5) is 18.6. The first-order valence-corrected chi connectivity index (χ1v) is 6.34. The number of imidazole rings is 1. The van der Waals surface area contributed by atoms with Gasteiger partial charge in [-0.15, -0.1) is 0 Å². The smallest absolute Gasteiger partial charge is 0.321 e. The van der Waals surface area contributed by atoms with Gasteiger partial charge in [-0.25, -0.2) is 4.98 Å². The van der Waals surface area contributed by atoms with Crippen molar-refractivity contribution in [3.8, 4) is 5.75 Å². The van der Waals surface area contributed by atoms with E-state index in [1.165, 1.54) is 0 Å². The van der Waals surface area contributed by atoms with Gasteiger partial charge >= 0.3 is 5.97 Å². The zero-order valence-corrected chi connectivity index (χ0v) is 11.0. The van der Waals surface area contributed by atoms with Crippen LogP contribution in [-0.2, 0) is 11.2 Å². The quantitative estimate of drug-likeness (QED) is 0.779. The number of nitrogens with zero attached hydrogens (tertiary/aromatic N) is 1. The van der Waals surface area contributed by atoms with Crippen molar-refractivity contribution < 1.29 is 14.6 Å². The molecule has 3 N–H and O–H groups in total. The third-order valence-corrected chi connectivity index (χ3v) is 3.53. The van der Waals surface area contributed by atoms with Gasteiger partial charge in [0.1, 0.15) is 11.8 Å². The average Bonchev–Trinajstić information content (AvgIpc) is 2.94. The van der Waals surface area contributed by atoms with Gasteiger partial charge in [-0.2, -0.15) is 0 Å². The first kappa shape index (κ1) is 12.7. The van der Waals surface area contributed by atoms with E-state index in [0.717, 1.165) is 22.7 Å². The number of methoxy groups -OCH3 is 1. The van der Waals surface area contributed by atoms with Crippen molar-refractivity contribution in [1.29, 1.82) is 0 Å². The molecule has 2 heterocycles. The van der Waals surface area contributed by atoms with E-state index in [0.29, 0.717) is 6.42 Å². The highest BCUT2D eigenvalue weighted by atomic mass is 16.5. The number of carboxylic acid groups (broad SMARTS) is 1. The zero-order chi connectivity index (χ0) is 14.1. The van der Waals surface area contributed by atoms with Crippen LogP contribution >= 0.6 is 0 Å². The van der Waals surface area contributed by atoms with Gasteiger partial charge in [0, 0.05) is 12.1 Å². The summed E-state index contributed by atoms with van der Waals surface area (Å²) >= 11 is 0. The van der Waals surface area contributed by atoms with Crippen molar-refractivity contribution in [3.63, 3.8) is 0 Å². The van der Waals surface area contributed by atoms with Crippen LogP contribution in [0.3, 0.4) is 0 Å². The maximum atomic E-state index is 11.3. The van der Waals surface area contributed by atoms with Crippen LogP contribution in [0, 0.1) is 0 Å². The average molecular weight is 273 g/mol. The molecule has 6 heteroatoms. The van der Waals surface area contributed by atoms with Crippen molar-refractivity contribution in [1.82, 2.24) is 15.3 Å². The molecular weight excluding hydrogens is 258 g/mol. The van der Waals surface area contributed by atoms with E-state index in [-0.39, 0.29) is 6.04 Å². The lowest BCUT2D eigenvalue weighted by atomic mass is 9.94. The van der Waals surface area contributed by atoms with Crippen molar-refractivity contribution in [2.24, 2.45) is 0 Å². The van der Waals surface area contributed by atoms with E-state index in [9.17, 15) is 9.90 Å². The molecule has 3 rings (SSSR count). The van der Waals surface area contributed by atoms with Crippen LogP contribution in [0.1, 0.15) is 23.0 Å². The summed E-state index contributed by atoms with van der Waals surface area (Å²) in [6, 6.07) is 6.68. The number of ether oxygens (including phenoxy) is 1. The number of aliphatic carboxylic acids is 1. The lowest BCUT2D eigenvalue weighted by Crippen LogP contribution is -2.45.